The predicted molar refractivity (Wildman–Crippen MR) is 138 cm³/mol. The highest BCUT2D eigenvalue weighted by Gasteiger charge is 2.42. The Balaban J connectivity index is 1.59. The largest absolute Gasteiger partial charge is 0.465 e. The van der Waals surface area contributed by atoms with E-state index in [-0.39, 0.29) is 31.7 Å². The number of aromatic nitrogens is 5. The molecule has 0 bridgehead atoms. The molecule has 0 aliphatic carbocycles. The highest BCUT2D eigenvalue weighted by atomic mass is 19.3. The summed E-state index contributed by atoms with van der Waals surface area (Å²) in [6.45, 7) is 5.70. The van der Waals surface area contributed by atoms with Gasteiger partial charge < -0.3 is 9.30 Å². The minimum Gasteiger partial charge on any atom is -0.465 e. The van der Waals surface area contributed by atoms with Crippen molar-refractivity contribution in [1.29, 1.82) is 0 Å². The van der Waals surface area contributed by atoms with Gasteiger partial charge in [0.1, 0.15) is 5.69 Å². The lowest BCUT2D eigenvalue weighted by Crippen LogP contribution is -2.48. The molecule has 4 rings (SSSR count). The molecular formula is C27H34F2N6O3. The molecule has 204 valence electrons. The summed E-state index contributed by atoms with van der Waals surface area (Å²) < 4.78 is 37.4. The van der Waals surface area contributed by atoms with Crippen molar-refractivity contribution in [3.8, 4) is 11.4 Å². The van der Waals surface area contributed by atoms with E-state index in [0.29, 0.717) is 34.9 Å². The van der Waals surface area contributed by atoms with Gasteiger partial charge in [-0.2, -0.15) is 0 Å². The maximum Gasteiger partial charge on any atom is 0.320 e. The number of ether oxygens (including phenoxy) is 1. The van der Waals surface area contributed by atoms with Crippen LogP contribution >= 0.6 is 0 Å². The summed E-state index contributed by atoms with van der Waals surface area (Å²) in [5.74, 6) is -3.93. The second-order valence-corrected chi connectivity index (χ2v) is 9.86. The lowest BCUT2D eigenvalue weighted by Gasteiger charge is -2.37. The number of rotatable bonds is 9. The molecule has 0 spiro atoms. The summed E-state index contributed by atoms with van der Waals surface area (Å²) in [5.41, 5.74) is 4.07. The number of hydrogen-bond acceptors (Lipinski definition) is 7. The monoisotopic (exact) mass is 528 g/mol. The number of alkyl halides is 2. The molecule has 38 heavy (non-hydrogen) atoms. The van der Waals surface area contributed by atoms with Crippen LogP contribution in [0.5, 0.6) is 0 Å². The Kier molecular flexibility index (Phi) is 8.35. The van der Waals surface area contributed by atoms with Crippen LogP contribution in [0.3, 0.4) is 0 Å². The number of pyridine rings is 2. The van der Waals surface area contributed by atoms with Crippen molar-refractivity contribution >= 4 is 5.97 Å². The maximum atomic E-state index is 14.6. The third kappa shape index (κ3) is 6.32. The molecule has 3 aromatic heterocycles. The summed E-state index contributed by atoms with van der Waals surface area (Å²) in [6.07, 6.45) is 3.38. The predicted octanol–water partition coefficient (Wildman–Crippen LogP) is 3.34. The molecule has 0 saturated carbocycles. The van der Waals surface area contributed by atoms with Crippen molar-refractivity contribution in [3.05, 3.63) is 63.3 Å². The molecule has 0 radical (unpaired) electrons. The molecule has 1 aliphatic rings. The SMILES string of the molecule is CCCc1ccc(=O)n(Cc2c(-c3ccc([C@@H]4CN(CC(=O)OCC)CC(F)(F)C4)c(C)n3)nnn2C)c1. The fourth-order valence-corrected chi connectivity index (χ4v) is 5.10. The number of esters is 1. The van der Waals surface area contributed by atoms with Gasteiger partial charge in [0.25, 0.3) is 11.5 Å². The zero-order valence-electron chi connectivity index (χ0n) is 22.3. The summed E-state index contributed by atoms with van der Waals surface area (Å²) in [4.78, 5) is 30.6. The second-order valence-electron chi connectivity index (χ2n) is 9.86. The number of aryl methyl sites for hydroxylation is 3. The van der Waals surface area contributed by atoms with E-state index in [2.05, 4.69) is 17.2 Å². The number of hydrogen-bond donors (Lipinski definition) is 0. The van der Waals surface area contributed by atoms with E-state index >= 15 is 0 Å². The molecule has 1 atom stereocenters. The van der Waals surface area contributed by atoms with Crippen LogP contribution in [0, 0.1) is 6.92 Å². The third-order valence-electron chi connectivity index (χ3n) is 6.79. The van der Waals surface area contributed by atoms with Crippen molar-refractivity contribution in [1.82, 2.24) is 29.4 Å². The van der Waals surface area contributed by atoms with Crippen molar-refractivity contribution < 1.29 is 18.3 Å². The highest BCUT2D eigenvalue weighted by molar-refractivity contribution is 5.71. The number of halogens is 2. The molecule has 9 nitrogen and oxygen atoms in total. The minimum absolute atomic E-state index is 0.123. The molecule has 0 aromatic carbocycles. The Morgan fingerprint density at radius 2 is 2.00 bits per heavy atom. The highest BCUT2D eigenvalue weighted by Crippen LogP contribution is 2.37. The zero-order chi connectivity index (χ0) is 27.4. The van der Waals surface area contributed by atoms with E-state index < -0.39 is 24.4 Å². The van der Waals surface area contributed by atoms with Gasteiger partial charge in [-0.3, -0.25) is 19.5 Å². The molecule has 11 heteroatoms. The van der Waals surface area contributed by atoms with Crippen LogP contribution in [0.25, 0.3) is 11.4 Å². The summed E-state index contributed by atoms with van der Waals surface area (Å²) in [6, 6.07) is 6.97. The van der Waals surface area contributed by atoms with Gasteiger partial charge in [-0.1, -0.05) is 30.7 Å². The molecule has 0 unspecified atom stereocenters. The maximum absolute atomic E-state index is 14.6. The molecule has 0 amide bonds. The van der Waals surface area contributed by atoms with Crippen molar-refractivity contribution in [2.75, 3.05) is 26.2 Å². The smallest absolute Gasteiger partial charge is 0.320 e. The van der Waals surface area contributed by atoms with Crippen LogP contribution in [-0.4, -0.2) is 67.6 Å². The Morgan fingerprint density at radius 3 is 2.71 bits per heavy atom. The summed E-state index contributed by atoms with van der Waals surface area (Å²) >= 11 is 0. The topological polar surface area (TPSA) is 95.1 Å². The molecule has 1 saturated heterocycles. The minimum atomic E-state index is -2.93. The first-order valence-corrected chi connectivity index (χ1v) is 12.9. The molecule has 1 aliphatic heterocycles. The average molecular weight is 529 g/mol. The Hall–Kier alpha value is -3.47. The lowest BCUT2D eigenvalue weighted by molar-refractivity contribution is -0.147. The van der Waals surface area contributed by atoms with E-state index in [0.717, 1.165) is 18.4 Å². The van der Waals surface area contributed by atoms with Crippen LogP contribution in [0.15, 0.2) is 35.3 Å². The normalized spacial score (nSPS) is 17.5. The van der Waals surface area contributed by atoms with Gasteiger partial charge in [0.15, 0.2) is 0 Å². The molecule has 1 fully saturated rings. The van der Waals surface area contributed by atoms with Gasteiger partial charge >= 0.3 is 5.97 Å². The Labute approximate surface area is 220 Å². The van der Waals surface area contributed by atoms with Gasteiger partial charge in [0.2, 0.25) is 0 Å². The molecule has 0 N–H and O–H groups in total. The first-order chi connectivity index (χ1) is 18.1. The number of carbonyl (C=O) groups is 1. The quantitative estimate of drug-likeness (QED) is 0.393. The van der Waals surface area contributed by atoms with E-state index in [1.807, 2.05) is 12.3 Å². The van der Waals surface area contributed by atoms with Crippen LogP contribution in [0.4, 0.5) is 8.78 Å². The second kappa shape index (κ2) is 11.5. The summed E-state index contributed by atoms with van der Waals surface area (Å²) in [7, 11) is 1.76. The van der Waals surface area contributed by atoms with Crippen LogP contribution in [0.1, 0.15) is 55.1 Å². The van der Waals surface area contributed by atoms with Gasteiger partial charge in [-0.25, -0.2) is 13.5 Å². The lowest BCUT2D eigenvalue weighted by atomic mass is 9.87. The number of carbonyl (C=O) groups excluding carboxylic acids is 1. The summed E-state index contributed by atoms with van der Waals surface area (Å²) in [5, 5.41) is 8.45. The molecular weight excluding hydrogens is 494 g/mol. The number of nitrogens with zero attached hydrogens (tertiary/aromatic N) is 6. The van der Waals surface area contributed by atoms with Crippen molar-refractivity contribution in [3.63, 3.8) is 0 Å². The van der Waals surface area contributed by atoms with Crippen LogP contribution in [-0.2, 0) is 29.5 Å². The van der Waals surface area contributed by atoms with Crippen LogP contribution in [0.2, 0.25) is 0 Å². The molecule has 3 aromatic rings. The van der Waals surface area contributed by atoms with E-state index in [1.54, 1.807) is 48.3 Å². The zero-order valence-corrected chi connectivity index (χ0v) is 22.3. The Morgan fingerprint density at radius 1 is 1.21 bits per heavy atom. The van der Waals surface area contributed by atoms with Crippen molar-refractivity contribution in [2.45, 2.75) is 58.4 Å². The standard InChI is InChI=1S/C27H34F2N6O3/c1-5-7-19-8-11-24(36)35(13-19)15-23-26(31-32-33(23)4)22-10-9-21(18(3)30-22)20-12-27(28,29)17-34(14-20)16-25(37)38-6-2/h8-11,13,20H,5-7,12,14-17H2,1-4H3/t20-/m0/s1. The third-order valence-corrected chi connectivity index (χ3v) is 6.79. The first kappa shape index (κ1) is 27.6. The van der Waals surface area contributed by atoms with E-state index in [1.165, 1.54) is 4.90 Å². The number of piperidine rings is 1. The van der Waals surface area contributed by atoms with Gasteiger partial charge in [-0.15, -0.1) is 5.10 Å². The first-order valence-electron chi connectivity index (χ1n) is 12.9. The Bertz CT molecular complexity index is 1350. The van der Waals surface area contributed by atoms with Crippen molar-refractivity contribution in [2.24, 2.45) is 7.05 Å². The van der Waals surface area contributed by atoms with E-state index in [9.17, 15) is 18.4 Å². The fourth-order valence-electron chi connectivity index (χ4n) is 5.10. The average Bonchev–Trinajstić information content (AvgIpc) is 3.20. The molecule has 4 heterocycles. The van der Waals surface area contributed by atoms with Gasteiger partial charge in [0.05, 0.1) is 37.6 Å². The fraction of sp³-hybridized carbons (Fsp3) is 0.519. The van der Waals surface area contributed by atoms with Crippen LogP contribution < -0.4 is 5.56 Å². The van der Waals surface area contributed by atoms with Gasteiger partial charge in [-0.05, 0) is 37.5 Å². The number of likely N-dealkylation sites (tertiary alicyclic amines) is 1. The van der Waals surface area contributed by atoms with Gasteiger partial charge in [0, 0.05) is 43.9 Å². The van der Waals surface area contributed by atoms with E-state index in [4.69, 9.17) is 9.72 Å².